The van der Waals surface area contributed by atoms with Gasteiger partial charge < -0.3 is 19.8 Å². The predicted octanol–water partition coefficient (Wildman–Crippen LogP) is 4.30. The molecule has 3 unspecified atom stereocenters. The number of hydrogen-bond donors (Lipinski definition) is 2. The quantitative estimate of drug-likeness (QED) is 0.670. The number of hydrogen-bond acceptors (Lipinski definition) is 4. The normalized spacial score (nSPS) is 24.4. The Balaban J connectivity index is 0.00000205. The number of rotatable bonds is 4. The lowest BCUT2D eigenvalue weighted by Gasteiger charge is -2.33. The first-order chi connectivity index (χ1) is 13.8. The molecule has 2 aliphatic rings. The van der Waals surface area contributed by atoms with Crippen LogP contribution < -0.4 is 10.6 Å². The lowest BCUT2D eigenvalue weighted by atomic mass is 9.93. The van der Waals surface area contributed by atoms with E-state index >= 15 is 0 Å². The first-order valence-electron chi connectivity index (χ1n) is 10.4. The minimum Gasteiger partial charge on any atom is -0.382 e. The summed E-state index contributed by atoms with van der Waals surface area (Å²) in [4.78, 5) is 4.81. The van der Waals surface area contributed by atoms with Crippen molar-refractivity contribution in [3.63, 3.8) is 0 Å². The van der Waals surface area contributed by atoms with Gasteiger partial charge in [-0.1, -0.05) is 24.6 Å². The number of fused-ring (bicyclic) bond motifs is 1. The van der Waals surface area contributed by atoms with E-state index < -0.39 is 0 Å². The van der Waals surface area contributed by atoms with Crippen LogP contribution in [0.15, 0.2) is 48.8 Å². The van der Waals surface area contributed by atoms with Crippen molar-refractivity contribution in [1.29, 1.82) is 0 Å². The molecule has 6 heteroatoms. The van der Waals surface area contributed by atoms with Crippen molar-refractivity contribution in [2.75, 3.05) is 25.1 Å². The average Bonchev–Trinajstić information content (AvgIpc) is 3.37. The average molecular weight is 413 g/mol. The van der Waals surface area contributed by atoms with Crippen LogP contribution in [0.5, 0.6) is 0 Å². The number of pyridine rings is 1. The Labute approximate surface area is 178 Å². The predicted molar refractivity (Wildman–Crippen MR) is 120 cm³/mol. The number of morpholine rings is 1. The zero-order valence-electron chi connectivity index (χ0n) is 16.8. The SMILES string of the molecule is Cc1cccn2cc(-c3ccc(NC4CCCC4C4COCCN4)cc3)nc12.Cl. The summed E-state index contributed by atoms with van der Waals surface area (Å²) in [7, 11) is 0. The molecule has 0 radical (unpaired) electrons. The molecular weight excluding hydrogens is 384 g/mol. The third-order valence-corrected chi connectivity index (χ3v) is 6.25. The van der Waals surface area contributed by atoms with Crippen molar-refractivity contribution in [3.05, 3.63) is 54.4 Å². The van der Waals surface area contributed by atoms with E-state index in [-0.39, 0.29) is 12.4 Å². The number of anilines is 1. The zero-order valence-corrected chi connectivity index (χ0v) is 17.6. The molecule has 0 amide bonds. The lowest BCUT2D eigenvalue weighted by molar-refractivity contribution is 0.0559. The molecule has 1 aliphatic heterocycles. The summed E-state index contributed by atoms with van der Waals surface area (Å²) >= 11 is 0. The second-order valence-corrected chi connectivity index (χ2v) is 8.11. The van der Waals surface area contributed by atoms with Crippen molar-refractivity contribution in [2.45, 2.75) is 38.3 Å². The van der Waals surface area contributed by atoms with E-state index in [1.165, 1.54) is 30.5 Å². The van der Waals surface area contributed by atoms with Crippen molar-refractivity contribution >= 4 is 23.7 Å². The van der Waals surface area contributed by atoms with Gasteiger partial charge in [0, 0.05) is 42.3 Å². The lowest BCUT2D eigenvalue weighted by Crippen LogP contribution is -2.49. The van der Waals surface area contributed by atoms with Gasteiger partial charge in [0.05, 0.1) is 18.9 Å². The van der Waals surface area contributed by atoms with Gasteiger partial charge in [-0.2, -0.15) is 0 Å². The van der Waals surface area contributed by atoms with Crippen LogP contribution in [0.4, 0.5) is 5.69 Å². The van der Waals surface area contributed by atoms with E-state index in [0.29, 0.717) is 18.0 Å². The molecule has 2 aromatic heterocycles. The summed E-state index contributed by atoms with van der Waals surface area (Å²) < 4.78 is 7.79. The molecule has 1 aliphatic carbocycles. The van der Waals surface area contributed by atoms with Gasteiger partial charge >= 0.3 is 0 Å². The van der Waals surface area contributed by atoms with E-state index in [0.717, 1.165) is 36.7 Å². The van der Waals surface area contributed by atoms with Crippen molar-refractivity contribution < 1.29 is 4.74 Å². The van der Waals surface area contributed by atoms with E-state index in [9.17, 15) is 0 Å². The van der Waals surface area contributed by atoms with Crippen LogP contribution >= 0.6 is 12.4 Å². The minimum atomic E-state index is 0. The molecule has 3 heterocycles. The Morgan fingerprint density at radius 1 is 1.17 bits per heavy atom. The molecule has 5 nitrogen and oxygen atoms in total. The molecular formula is C23H29ClN4O. The summed E-state index contributed by atoms with van der Waals surface area (Å²) in [6.07, 6.45) is 7.96. The van der Waals surface area contributed by atoms with Gasteiger partial charge in [-0.15, -0.1) is 12.4 Å². The van der Waals surface area contributed by atoms with Crippen molar-refractivity contribution in [2.24, 2.45) is 5.92 Å². The highest BCUT2D eigenvalue weighted by molar-refractivity contribution is 5.85. The molecule has 5 rings (SSSR count). The summed E-state index contributed by atoms with van der Waals surface area (Å²) in [5.74, 6) is 0.640. The summed E-state index contributed by atoms with van der Waals surface area (Å²) in [5, 5.41) is 7.43. The minimum absolute atomic E-state index is 0. The maximum absolute atomic E-state index is 5.69. The van der Waals surface area contributed by atoms with Crippen LogP contribution in [0, 0.1) is 12.8 Å². The van der Waals surface area contributed by atoms with Gasteiger partial charge in [0.2, 0.25) is 0 Å². The molecule has 1 aromatic carbocycles. The summed E-state index contributed by atoms with van der Waals surface area (Å²) in [5.41, 5.74) is 5.58. The number of halogens is 1. The van der Waals surface area contributed by atoms with Crippen molar-refractivity contribution in [3.8, 4) is 11.3 Å². The van der Waals surface area contributed by atoms with E-state index in [1.807, 2.05) is 0 Å². The zero-order chi connectivity index (χ0) is 18.9. The molecule has 0 bridgehead atoms. The van der Waals surface area contributed by atoms with E-state index in [2.05, 4.69) is 70.7 Å². The highest BCUT2D eigenvalue weighted by atomic mass is 35.5. The van der Waals surface area contributed by atoms with E-state index in [4.69, 9.17) is 9.72 Å². The van der Waals surface area contributed by atoms with Gasteiger partial charge in [-0.25, -0.2) is 4.98 Å². The van der Waals surface area contributed by atoms with Crippen LogP contribution in [0.25, 0.3) is 16.9 Å². The first-order valence-corrected chi connectivity index (χ1v) is 10.4. The Kier molecular flexibility index (Phi) is 6.09. The molecule has 2 fully saturated rings. The standard InChI is InChI=1S/C23H28N4O.ClH/c1-16-4-3-12-27-14-21(26-23(16)27)17-7-9-18(10-8-17)25-20-6-2-5-19(20)22-15-28-13-11-24-22;/h3-4,7-10,12,14,19-20,22,24-25H,2,5-6,11,13,15H2,1H3;1H. The Hall–Kier alpha value is -2.08. The van der Waals surface area contributed by atoms with Gasteiger partial charge in [-0.3, -0.25) is 0 Å². The summed E-state index contributed by atoms with van der Waals surface area (Å²) in [6, 6.07) is 13.9. The highest BCUT2D eigenvalue weighted by Gasteiger charge is 2.34. The van der Waals surface area contributed by atoms with Gasteiger partial charge in [-0.05, 0) is 49.4 Å². The summed E-state index contributed by atoms with van der Waals surface area (Å²) in [6.45, 7) is 4.75. The Morgan fingerprint density at radius 3 is 2.79 bits per heavy atom. The third-order valence-electron chi connectivity index (χ3n) is 6.25. The van der Waals surface area contributed by atoms with Crippen LogP contribution in [0.2, 0.25) is 0 Å². The van der Waals surface area contributed by atoms with E-state index in [1.54, 1.807) is 0 Å². The Bertz CT molecular complexity index is 949. The highest BCUT2D eigenvalue weighted by Crippen LogP contribution is 2.32. The second-order valence-electron chi connectivity index (χ2n) is 8.11. The fourth-order valence-corrected chi connectivity index (χ4v) is 4.75. The van der Waals surface area contributed by atoms with Crippen molar-refractivity contribution in [1.82, 2.24) is 14.7 Å². The molecule has 154 valence electrons. The fourth-order valence-electron chi connectivity index (χ4n) is 4.75. The number of benzene rings is 1. The number of aromatic nitrogens is 2. The largest absolute Gasteiger partial charge is 0.382 e. The molecule has 1 saturated carbocycles. The molecule has 1 saturated heterocycles. The number of nitrogens with one attached hydrogen (secondary N) is 2. The number of ether oxygens (including phenoxy) is 1. The smallest absolute Gasteiger partial charge is 0.140 e. The molecule has 2 N–H and O–H groups in total. The number of imidazole rings is 1. The van der Waals surface area contributed by atoms with Gasteiger partial charge in [0.25, 0.3) is 0 Å². The first kappa shape index (κ1) is 20.2. The molecule has 0 spiro atoms. The number of nitrogens with zero attached hydrogens (tertiary/aromatic N) is 2. The fraction of sp³-hybridized carbons (Fsp3) is 0.435. The van der Waals surface area contributed by atoms with Crippen LogP contribution in [0.3, 0.4) is 0 Å². The second kappa shape index (κ2) is 8.74. The third kappa shape index (κ3) is 4.13. The van der Waals surface area contributed by atoms with Crippen LogP contribution in [-0.4, -0.2) is 41.2 Å². The van der Waals surface area contributed by atoms with Crippen LogP contribution in [-0.2, 0) is 4.74 Å². The maximum atomic E-state index is 5.69. The molecule has 3 atom stereocenters. The topological polar surface area (TPSA) is 50.6 Å². The maximum Gasteiger partial charge on any atom is 0.140 e. The molecule has 29 heavy (non-hydrogen) atoms. The molecule has 3 aromatic rings. The van der Waals surface area contributed by atoms with Gasteiger partial charge in [0.15, 0.2) is 0 Å². The number of aryl methyl sites for hydroxylation is 1. The Morgan fingerprint density at radius 2 is 2.03 bits per heavy atom. The van der Waals surface area contributed by atoms with Gasteiger partial charge in [0.1, 0.15) is 5.65 Å². The monoisotopic (exact) mass is 412 g/mol. The van der Waals surface area contributed by atoms with Crippen LogP contribution in [0.1, 0.15) is 24.8 Å².